The molecule has 3 aliphatic heterocycles. The summed E-state index contributed by atoms with van der Waals surface area (Å²) in [6.45, 7) is 8.87. The zero-order chi connectivity index (χ0) is 17.0. The van der Waals surface area contributed by atoms with E-state index in [9.17, 15) is 9.90 Å². The molecule has 0 aromatic rings. The van der Waals surface area contributed by atoms with Gasteiger partial charge in [-0.15, -0.1) is 0 Å². The molecular weight excluding hydrogens is 306 g/mol. The zero-order valence-electron chi connectivity index (χ0n) is 14.1. The minimum absolute atomic E-state index is 0.182. The maximum Gasteiger partial charge on any atom is 0.408 e. The Balaban J connectivity index is 1.80. The van der Waals surface area contributed by atoms with Crippen LogP contribution >= 0.6 is 0 Å². The Hall–Kier alpha value is -0.930. The van der Waals surface area contributed by atoms with E-state index < -0.39 is 47.6 Å². The topological polar surface area (TPSA) is 95.5 Å². The average Bonchev–Trinajstić information content (AvgIpc) is 2.93. The second kappa shape index (κ2) is 5.29. The van der Waals surface area contributed by atoms with Crippen molar-refractivity contribution < 1.29 is 33.6 Å². The second-order valence-electron chi connectivity index (χ2n) is 7.71. The summed E-state index contributed by atoms with van der Waals surface area (Å²) in [5.74, 6) is -0.834. The summed E-state index contributed by atoms with van der Waals surface area (Å²) in [5.41, 5.74) is -1.58. The van der Waals surface area contributed by atoms with Crippen molar-refractivity contribution in [1.29, 1.82) is 0 Å². The Bertz CT molecular complexity index is 489. The number of aliphatic hydroxyl groups is 1. The lowest BCUT2D eigenvalue weighted by Crippen LogP contribution is -2.65. The van der Waals surface area contributed by atoms with Gasteiger partial charge in [0.1, 0.15) is 29.5 Å². The summed E-state index contributed by atoms with van der Waals surface area (Å²) in [7, 11) is 0. The third-order valence-electron chi connectivity index (χ3n) is 4.09. The highest BCUT2D eigenvalue weighted by Gasteiger charge is 2.66. The molecule has 8 heteroatoms. The maximum atomic E-state index is 12.1. The van der Waals surface area contributed by atoms with Crippen LogP contribution in [0.5, 0.6) is 0 Å². The second-order valence-corrected chi connectivity index (χ2v) is 7.71. The normalized spacial score (nSPS) is 41.5. The molecule has 0 spiro atoms. The monoisotopic (exact) mass is 331 g/mol. The van der Waals surface area contributed by atoms with E-state index in [4.69, 9.17) is 23.7 Å². The molecule has 3 aliphatic rings. The van der Waals surface area contributed by atoms with Crippen molar-refractivity contribution in [2.45, 2.75) is 76.1 Å². The van der Waals surface area contributed by atoms with Gasteiger partial charge in [0.05, 0.1) is 13.2 Å². The Morgan fingerprint density at radius 2 is 2.00 bits per heavy atom. The van der Waals surface area contributed by atoms with Crippen LogP contribution in [-0.4, -0.2) is 65.9 Å². The lowest BCUT2D eigenvalue weighted by atomic mass is 9.88. The molecule has 3 rings (SSSR count). The standard InChI is InChI=1S/C15H25NO7/c1-13(2,3)23-12(18)16-8-9-10(21-14(4,5)20-9)15(6-17)7-19-11(8)22-15/h8-11,17H,6-7H2,1-5H3,(H,16,18)/t8-,9-,10-,11+,15+/m1/s1. The number of alkyl carbamates (subject to hydrolysis) is 1. The zero-order valence-corrected chi connectivity index (χ0v) is 14.1. The van der Waals surface area contributed by atoms with Gasteiger partial charge in [-0.3, -0.25) is 0 Å². The highest BCUT2D eigenvalue weighted by atomic mass is 16.8. The molecule has 0 aromatic carbocycles. The number of aliphatic hydroxyl groups excluding tert-OH is 1. The van der Waals surface area contributed by atoms with E-state index in [2.05, 4.69) is 5.32 Å². The van der Waals surface area contributed by atoms with Gasteiger partial charge < -0.3 is 34.1 Å². The first-order valence-electron chi connectivity index (χ1n) is 7.81. The molecular formula is C15H25NO7. The molecule has 132 valence electrons. The fourth-order valence-corrected chi connectivity index (χ4v) is 3.23. The summed E-state index contributed by atoms with van der Waals surface area (Å²) in [6.07, 6.45) is -2.33. The van der Waals surface area contributed by atoms with E-state index in [1.807, 2.05) is 0 Å². The van der Waals surface area contributed by atoms with Gasteiger partial charge in [0.2, 0.25) is 0 Å². The number of rotatable bonds is 2. The quantitative estimate of drug-likeness (QED) is 0.761. The van der Waals surface area contributed by atoms with Crippen LogP contribution in [0.3, 0.4) is 0 Å². The molecule has 0 unspecified atom stereocenters. The molecule has 23 heavy (non-hydrogen) atoms. The number of carbonyl (C=O) groups excluding carboxylic acids is 1. The summed E-state index contributed by atoms with van der Waals surface area (Å²) < 4.78 is 28.6. The summed E-state index contributed by atoms with van der Waals surface area (Å²) in [5, 5.41) is 12.5. The Morgan fingerprint density at radius 1 is 1.30 bits per heavy atom. The van der Waals surface area contributed by atoms with Crippen molar-refractivity contribution in [2.24, 2.45) is 0 Å². The van der Waals surface area contributed by atoms with Crippen LogP contribution in [0.25, 0.3) is 0 Å². The minimum Gasteiger partial charge on any atom is -0.444 e. The average molecular weight is 331 g/mol. The summed E-state index contributed by atoms with van der Waals surface area (Å²) >= 11 is 0. The van der Waals surface area contributed by atoms with Crippen molar-refractivity contribution in [1.82, 2.24) is 5.32 Å². The van der Waals surface area contributed by atoms with Crippen LogP contribution < -0.4 is 5.32 Å². The Morgan fingerprint density at radius 3 is 2.61 bits per heavy atom. The highest BCUT2D eigenvalue weighted by molar-refractivity contribution is 5.68. The third-order valence-corrected chi connectivity index (χ3v) is 4.09. The van der Waals surface area contributed by atoms with E-state index in [1.54, 1.807) is 34.6 Å². The number of carbonyl (C=O) groups is 1. The lowest BCUT2D eigenvalue weighted by molar-refractivity contribution is -0.207. The molecule has 3 saturated heterocycles. The fourth-order valence-electron chi connectivity index (χ4n) is 3.23. The molecule has 0 aromatic heterocycles. The Labute approximate surface area is 135 Å². The molecule has 0 radical (unpaired) electrons. The minimum atomic E-state index is -0.963. The van der Waals surface area contributed by atoms with Gasteiger partial charge in [0, 0.05) is 0 Å². The smallest absolute Gasteiger partial charge is 0.408 e. The number of ether oxygens (including phenoxy) is 5. The van der Waals surface area contributed by atoms with Gasteiger partial charge in [-0.1, -0.05) is 0 Å². The number of fused-ring (bicyclic) bond motifs is 4. The van der Waals surface area contributed by atoms with Gasteiger partial charge in [0.15, 0.2) is 12.1 Å². The van der Waals surface area contributed by atoms with Crippen LogP contribution in [0.1, 0.15) is 34.6 Å². The van der Waals surface area contributed by atoms with Crippen molar-refractivity contribution in [3.8, 4) is 0 Å². The molecule has 8 nitrogen and oxygen atoms in total. The summed E-state index contributed by atoms with van der Waals surface area (Å²) in [4.78, 5) is 12.1. The molecule has 5 atom stereocenters. The maximum absolute atomic E-state index is 12.1. The lowest BCUT2D eigenvalue weighted by Gasteiger charge is -2.41. The largest absolute Gasteiger partial charge is 0.444 e. The van der Waals surface area contributed by atoms with Crippen molar-refractivity contribution in [3.05, 3.63) is 0 Å². The molecule has 3 fully saturated rings. The highest BCUT2D eigenvalue weighted by Crippen LogP contribution is 2.46. The molecule has 2 N–H and O–H groups in total. The van der Waals surface area contributed by atoms with E-state index in [0.29, 0.717) is 0 Å². The van der Waals surface area contributed by atoms with Crippen molar-refractivity contribution in [3.63, 3.8) is 0 Å². The van der Waals surface area contributed by atoms with Crippen LogP contribution in [0.2, 0.25) is 0 Å². The first kappa shape index (κ1) is 16.9. The third kappa shape index (κ3) is 3.06. The van der Waals surface area contributed by atoms with E-state index in [-0.39, 0.29) is 13.2 Å². The first-order valence-corrected chi connectivity index (χ1v) is 7.81. The van der Waals surface area contributed by atoms with Crippen molar-refractivity contribution in [2.75, 3.05) is 13.2 Å². The number of hydrogen-bond donors (Lipinski definition) is 2. The molecule has 1 amide bonds. The summed E-state index contributed by atoms with van der Waals surface area (Å²) in [6, 6.07) is -0.584. The van der Waals surface area contributed by atoms with Crippen LogP contribution in [-0.2, 0) is 23.7 Å². The number of hydrogen-bond acceptors (Lipinski definition) is 7. The Kier molecular flexibility index (Phi) is 3.89. The van der Waals surface area contributed by atoms with Crippen LogP contribution in [0.4, 0.5) is 4.79 Å². The van der Waals surface area contributed by atoms with Gasteiger partial charge in [-0.2, -0.15) is 0 Å². The van der Waals surface area contributed by atoms with Gasteiger partial charge in [-0.25, -0.2) is 4.79 Å². The predicted molar refractivity (Wildman–Crippen MR) is 77.6 cm³/mol. The van der Waals surface area contributed by atoms with Gasteiger partial charge >= 0.3 is 6.09 Å². The van der Waals surface area contributed by atoms with Gasteiger partial charge in [-0.05, 0) is 34.6 Å². The van der Waals surface area contributed by atoms with Gasteiger partial charge in [0.25, 0.3) is 0 Å². The SMILES string of the molecule is CC(C)(C)OC(=O)N[C@H]1[C@H]2OC[C@](CO)(O2)[C@@H]2OC(C)(C)O[C@H]12. The molecule has 0 aliphatic carbocycles. The van der Waals surface area contributed by atoms with E-state index >= 15 is 0 Å². The first-order chi connectivity index (χ1) is 10.6. The van der Waals surface area contributed by atoms with Crippen LogP contribution in [0.15, 0.2) is 0 Å². The number of nitrogens with one attached hydrogen (secondary N) is 1. The molecule has 2 bridgehead atoms. The van der Waals surface area contributed by atoms with E-state index in [0.717, 1.165) is 0 Å². The predicted octanol–water partition coefficient (Wildman–Crippen LogP) is 0.517. The molecule has 0 saturated carbocycles. The number of amides is 1. The van der Waals surface area contributed by atoms with E-state index in [1.165, 1.54) is 0 Å². The molecule has 3 heterocycles. The fraction of sp³-hybridized carbons (Fsp3) is 0.933. The van der Waals surface area contributed by atoms with Crippen molar-refractivity contribution >= 4 is 6.09 Å². The van der Waals surface area contributed by atoms with Crippen LogP contribution in [0, 0.1) is 0 Å².